The standard InChI is InChI=1S/C23H16FN3O4S/c24-16-8-10-17(11-9-16)31-13-20(28)25-23-27-26-21(32-23)19-7-2-1-6-18(19)14-4-3-5-15(12-14)22(29)30/h1-12H,13H2,(H,29,30)(H,25,27,28). The molecule has 3 aromatic carbocycles. The van der Waals surface area contributed by atoms with Gasteiger partial charge in [0.2, 0.25) is 5.13 Å². The maximum absolute atomic E-state index is 12.9. The summed E-state index contributed by atoms with van der Waals surface area (Å²) < 4.78 is 18.3. The Bertz CT molecular complexity index is 1270. The molecular formula is C23H16FN3O4S. The van der Waals surface area contributed by atoms with Crippen molar-refractivity contribution in [1.29, 1.82) is 0 Å². The highest BCUT2D eigenvalue weighted by Crippen LogP contribution is 2.35. The summed E-state index contributed by atoms with van der Waals surface area (Å²) in [7, 11) is 0. The van der Waals surface area contributed by atoms with Crippen molar-refractivity contribution in [2.75, 3.05) is 11.9 Å². The van der Waals surface area contributed by atoms with Crippen molar-refractivity contribution >= 4 is 28.3 Å². The molecule has 0 saturated carbocycles. The van der Waals surface area contributed by atoms with Crippen molar-refractivity contribution in [3.8, 4) is 27.4 Å². The highest BCUT2D eigenvalue weighted by molar-refractivity contribution is 7.18. The molecule has 1 amide bonds. The summed E-state index contributed by atoms with van der Waals surface area (Å²) in [5.74, 6) is -1.46. The molecule has 4 rings (SSSR count). The first-order valence-corrected chi connectivity index (χ1v) is 10.3. The SMILES string of the molecule is O=C(COc1ccc(F)cc1)Nc1nnc(-c2ccccc2-c2cccc(C(=O)O)c2)s1. The Hall–Kier alpha value is -4.11. The topological polar surface area (TPSA) is 101 Å². The Labute approximate surface area is 186 Å². The van der Waals surface area contributed by atoms with E-state index in [2.05, 4.69) is 15.5 Å². The molecule has 160 valence electrons. The summed E-state index contributed by atoms with van der Waals surface area (Å²) in [6, 6.07) is 19.4. The van der Waals surface area contributed by atoms with Crippen molar-refractivity contribution in [3.05, 3.63) is 84.2 Å². The van der Waals surface area contributed by atoms with Crippen LogP contribution < -0.4 is 10.1 Å². The molecule has 7 nitrogen and oxygen atoms in total. The summed E-state index contributed by atoms with van der Waals surface area (Å²) in [5, 5.41) is 20.9. The molecule has 4 aromatic rings. The van der Waals surface area contributed by atoms with E-state index < -0.39 is 17.7 Å². The van der Waals surface area contributed by atoms with Crippen molar-refractivity contribution in [2.24, 2.45) is 0 Å². The second-order valence-corrected chi connectivity index (χ2v) is 7.61. The number of amides is 1. The number of hydrogen-bond donors (Lipinski definition) is 2. The number of nitrogens with one attached hydrogen (secondary N) is 1. The van der Waals surface area contributed by atoms with E-state index in [-0.39, 0.29) is 12.2 Å². The molecule has 0 saturated heterocycles. The average molecular weight is 449 g/mol. The number of aromatic carboxylic acids is 1. The maximum atomic E-state index is 12.9. The van der Waals surface area contributed by atoms with Crippen LogP contribution in [-0.4, -0.2) is 33.8 Å². The normalized spacial score (nSPS) is 10.5. The van der Waals surface area contributed by atoms with Gasteiger partial charge in [0.1, 0.15) is 16.6 Å². The van der Waals surface area contributed by atoms with E-state index in [0.29, 0.717) is 15.9 Å². The largest absolute Gasteiger partial charge is 0.484 e. The zero-order valence-corrected chi connectivity index (χ0v) is 17.3. The van der Waals surface area contributed by atoms with Crippen LogP contribution in [-0.2, 0) is 4.79 Å². The third-order valence-electron chi connectivity index (χ3n) is 4.43. The minimum absolute atomic E-state index is 0.184. The van der Waals surface area contributed by atoms with Gasteiger partial charge in [-0.2, -0.15) is 0 Å². The van der Waals surface area contributed by atoms with Gasteiger partial charge in [0.05, 0.1) is 5.56 Å². The fourth-order valence-electron chi connectivity index (χ4n) is 2.96. The van der Waals surface area contributed by atoms with Gasteiger partial charge in [-0.05, 0) is 47.5 Å². The third-order valence-corrected chi connectivity index (χ3v) is 5.30. The number of benzene rings is 3. The van der Waals surface area contributed by atoms with Gasteiger partial charge >= 0.3 is 5.97 Å². The lowest BCUT2D eigenvalue weighted by Crippen LogP contribution is -2.20. The molecule has 9 heteroatoms. The number of halogens is 1. The minimum atomic E-state index is -1.01. The number of carboxylic acids is 1. The molecule has 0 atom stereocenters. The van der Waals surface area contributed by atoms with Crippen LogP contribution >= 0.6 is 11.3 Å². The number of carbonyl (C=O) groups excluding carboxylic acids is 1. The van der Waals surface area contributed by atoms with Crippen molar-refractivity contribution in [3.63, 3.8) is 0 Å². The molecule has 0 bridgehead atoms. The van der Waals surface area contributed by atoms with Gasteiger partial charge in [0.15, 0.2) is 6.61 Å². The fourth-order valence-corrected chi connectivity index (χ4v) is 3.76. The number of rotatable bonds is 7. The molecule has 1 aromatic heterocycles. The van der Waals surface area contributed by atoms with E-state index >= 15 is 0 Å². The molecule has 0 fully saturated rings. The first kappa shape index (κ1) is 21.1. The zero-order chi connectivity index (χ0) is 22.5. The molecule has 1 heterocycles. The number of aromatic nitrogens is 2. The highest BCUT2D eigenvalue weighted by Gasteiger charge is 2.15. The van der Waals surface area contributed by atoms with Crippen LogP contribution in [0.5, 0.6) is 5.75 Å². The smallest absolute Gasteiger partial charge is 0.335 e. The monoisotopic (exact) mass is 449 g/mol. The van der Waals surface area contributed by atoms with Crippen LogP contribution in [0.3, 0.4) is 0 Å². The van der Waals surface area contributed by atoms with Crippen LogP contribution in [0, 0.1) is 5.82 Å². The molecule has 0 aliphatic carbocycles. The Kier molecular flexibility index (Phi) is 6.18. The van der Waals surface area contributed by atoms with Gasteiger partial charge in [-0.1, -0.05) is 47.7 Å². The Morgan fingerprint density at radius 1 is 0.969 bits per heavy atom. The summed E-state index contributed by atoms with van der Waals surface area (Å²) in [4.78, 5) is 23.5. The van der Waals surface area contributed by atoms with E-state index in [4.69, 9.17) is 4.74 Å². The number of ether oxygens (including phenoxy) is 1. The first-order valence-electron chi connectivity index (χ1n) is 9.44. The molecule has 0 spiro atoms. The Balaban J connectivity index is 1.49. The second kappa shape index (κ2) is 9.36. The van der Waals surface area contributed by atoms with Crippen LogP contribution in [0.2, 0.25) is 0 Å². The van der Waals surface area contributed by atoms with E-state index in [9.17, 15) is 19.1 Å². The number of carbonyl (C=O) groups is 2. The zero-order valence-electron chi connectivity index (χ0n) is 16.5. The minimum Gasteiger partial charge on any atom is -0.484 e. The number of anilines is 1. The Morgan fingerprint density at radius 3 is 2.47 bits per heavy atom. The van der Waals surface area contributed by atoms with Gasteiger partial charge in [-0.3, -0.25) is 10.1 Å². The lowest BCUT2D eigenvalue weighted by Gasteiger charge is -2.08. The first-order chi connectivity index (χ1) is 15.5. The molecule has 0 aliphatic heterocycles. The summed E-state index contributed by atoms with van der Waals surface area (Å²) in [6.07, 6.45) is 0. The molecule has 2 N–H and O–H groups in total. The average Bonchev–Trinajstić information content (AvgIpc) is 3.27. The van der Waals surface area contributed by atoms with E-state index in [1.54, 1.807) is 12.1 Å². The molecular weight excluding hydrogens is 433 g/mol. The van der Waals surface area contributed by atoms with Crippen LogP contribution in [0.25, 0.3) is 21.7 Å². The summed E-state index contributed by atoms with van der Waals surface area (Å²) in [6.45, 7) is -0.265. The molecule has 0 aliphatic rings. The number of hydrogen-bond acceptors (Lipinski definition) is 6. The van der Waals surface area contributed by atoms with Crippen LogP contribution in [0.15, 0.2) is 72.8 Å². The van der Waals surface area contributed by atoms with Gasteiger partial charge in [-0.25, -0.2) is 9.18 Å². The van der Waals surface area contributed by atoms with Crippen molar-refractivity contribution < 1.29 is 23.8 Å². The van der Waals surface area contributed by atoms with E-state index in [0.717, 1.165) is 16.7 Å². The van der Waals surface area contributed by atoms with Crippen molar-refractivity contribution in [1.82, 2.24) is 10.2 Å². The fraction of sp³-hybridized carbons (Fsp3) is 0.0435. The van der Waals surface area contributed by atoms with Gasteiger partial charge in [-0.15, -0.1) is 10.2 Å². The summed E-state index contributed by atoms with van der Waals surface area (Å²) >= 11 is 1.18. The van der Waals surface area contributed by atoms with Gasteiger partial charge in [0.25, 0.3) is 5.91 Å². The molecule has 32 heavy (non-hydrogen) atoms. The van der Waals surface area contributed by atoms with E-state index in [1.807, 2.05) is 30.3 Å². The lowest BCUT2D eigenvalue weighted by molar-refractivity contribution is -0.118. The molecule has 0 radical (unpaired) electrons. The van der Waals surface area contributed by atoms with Crippen molar-refractivity contribution in [2.45, 2.75) is 0 Å². The van der Waals surface area contributed by atoms with Gasteiger partial charge in [0, 0.05) is 5.56 Å². The predicted molar refractivity (Wildman–Crippen MR) is 118 cm³/mol. The quantitative estimate of drug-likeness (QED) is 0.423. The van der Waals surface area contributed by atoms with Crippen LogP contribution in [0.1, 0.15) is 10.4 Å². The predicted octanol–water partition coefficient (Wildman–Crippen LogP) is 4.73. The van der Waals surface area contributed by atoms with Crippen LogP contribution in [0.4, 0.5) is 9.52 Å². The van der Waals surface area contributed by atoms with Gasteiger partial charge < -0.3 is 9.84 Å². The lowest BCUT2D eigenvalue weighted by atomic mass is 9.98. The third kappa shape index (κ3) is 4.96. The highest BCUT2D eigenvalue weighted by atomic mass is 32.1. The second-order valence-electron chi connectivity index (χ2n) is 6.63. The maximum Gasteiger partial charge on any atom is 0.335 e. The molecule has 0 unspecified atom stereocenters. The number of nitrogens with zero attached hydrogens (tertiary/aromatic N) is 2. The van der Waals surface area contributed by atoms with E-state index in [1.165, 1.54) is 41.7 Å². The number of carboxylic acid groups (broad SMARTS) is 1. The summed E-state index contributed by atoms with van der Waals surface area (Å²) in [5.41, 5.74) is 2.47. The Morgan fingerprint density at radius 2 is 1.72 bits per heavy atom.